The van der Waals surface area contributed by atoms with Crippen molar-refractivity contribution >= 4 is 20.6 Å². The summed E-state index contributed by atoms with van der Waals surface area (Å²) in [7, 11) is -4.09. The van der Waals surface area contributed by atoms with Crippen LogP contribution in [0.3, 0.4) is 0 Å². The third-order valence-electron chi connectivity index (χ3n) is 2.43. The fraction of sp³-hybridized carbons (Fsp3) is 0.300. The summed E-state index contributed by atoms with van der Waals surface area (Å²) >= 11 is 0. The van der Waals surface area contributed by atoms with Gasteiger partial charge in [0.2, 0.25) is 9.84 Å². The molecule has 1 aliphatic rings. The number of hydrogen-bond acceptors (Lipinski definition) is 4. The lowest BCUT2D eigenvalue weighted by molar-refractivity contribution is -0.114. The number of halogens is 1. The van der Waals surface area contributed by atoms with Crippen molar-refractivity contribution in [2.45, 2.75) is 24.3 Å². The minimum absolute atomic E-state index is 0.256. The highest BCUT2D eigenvalue weighted by atomic mass is 32.2. The summed E-state index contributed by atoms with van der Waals surface area (Å²) < 4.78 is 36.6. The Morgan fingerprint density at radius 1 is 1.31 bits per heavy atom. The van der Waals surface area contributed by atoms with E-state index in [1.807, 2.05) is 0 Å². The van der Waals surface area contributed by atoms with Crippen LogP contribution >= 0.6 is 0 Å². The van der Waals surface area contributed by atoms with Crippen LogP contribution in [0.5, 0.6) is 0 Å². The van der Waals surface area contributed by atoms with Crippen molar-refractivity contribution in [3.8, 4) is 0 Å². The van der Waals surface area contributed by atoms with E-state index in [-0.39, 0.29) is 10.6 Å². The molecule has 16 heavy (non-hydrogen) atoms. The SMILES string of the molecule is CC1(C)Nc2ccc(F)cc2S(=O)(=O)C1=O. The Hall–Kier alpha value is -1.43. The van der Waals surface area contributed by atoms with Crippen LogP contribution in [0.15, 0.2) is 23.1 Å². The molecule has 1 aromatic carbocycles. The molecule has 2 rings (SSSR count). The summed E-state index contributed by atoms with van der Waals surface area (Å²) in [5.41, 5.74) is -0.935. The highest BCUT2D eigenvalue weighted by Gasteiger charge is 2.44. The molecular formula is C10H10FNO3S. The Balaban J connectivity index is 2.77. The Morgan fingerprint density at radius 2 is 1.94 bits per heavy atom. The minimum atomic E-state index is -4.09. The molecule has 1 heterocycles. The number of anilines is 1. The number of fused-ring (bicyclic) bond motifs is 1. The number of hydrogen-bond donors (Lipinski definition) is 1. The van der Waals surface area contributed by atoms with Gasteiger partial charge in [-0.15, -0.1) is 0 Å². The van der Waals surface area contributed by atoms with Crippen molar-refractivity contribution in [3.63, 3.8) is 0 Å². The lowest BCUT2D eigenvalue weighted by Gasteiger charge is -2.31. The monoisotopic (exact) mass is 243 g/mol. The topological polar surface area (TPSA) is 63.2 Å². The van der Waals surface area contributed by atoms with Crippen LogP contribution in [0, 0.1) is 5.82 Å². The van der Waals surface area contributed by atoms with Gasteiger partial charge in [-0.25, -0.2) is 12.8 Å². The number of benzene rings is 1. The van der Waals surface area contributed by atoms with Gasteiger partial charge >= 0.3 is 0 Å². The second-order valence-electron chi connectivity index (χ2n) is 4.18. The fourth-order valence-corrected chi connectivity index (χ4v) is 3.24. The smallest absolute Gasteiger partial charge is 0.275 e. The second kappa shape index (κ2) is 3.04. The predicted octanol–water partition coefficient (Wildman–Crippen LogP) is 1.33. The summed E-state index contributed by atoms with van der Waals surface area (Å²) in [6, 6.07) is 3.31. The Morgan fingerprint density at radius 3 is 2.56 bits per heavy atom. The maximum Gasteiger partial charge on any atom is 0.275 e. The zero-order valence-electron chi connectivity index (χ0n) is 8.74. The standard InChI is InChI=1S/C10H10FNO3S/c1-10(2)9(13)16(14,15)8-5-6(11)3-4-7(8)12-10/h3-5,12H,1-2H3. The Bertz CT molecular complexity index is 578. The Kier molecular flexibility index (Phi) is 2.10. The maximum atomic E-state index is 13.0. The molecule has 0 amide bonds. The molecule has 0 fully saturated rings. The molecule has 1 aromatic rings. The first kappa shape index (κ1) is 11.1. The third kappa shape index (κ3) is 1.41. The minimum Gasteiger partial charge on any atom is -0.371 e. The average Bonchev–Trinajstić information content (AvgIpc) is 2.17. The molecule has 6 heteroatoms. The number of sulfone groups is 1. The van der Waals surface area contributed by atoms with E-state index in [1.54, 1.807) is 0 Å². The zero-order valence-corrected chi connectivity index (χ0v) is 9.56. The highest BCUT2D eigenvalue weighted by molar-refractivity contribution is 8.06. The number of nitrogens with one attached hydrogen (secondary N) is 1. The lowest BCUT2D eigenvalue weighted by Crippen LogP contribution is -2.48. The van der Waals surface area contributed by atoms with E-state index in [1.165, 1.54) is 19.9 Å². The zero-order chi connectivity index (χ0) is 12.1. The molecule has 0 aromatic heterocycles. The van der Waals surface area contributed by atoms with Gasteiger partial charge < -0.3 is 5.32 Å². The first-order chi connectivity index (χ1) is 7.25. The summed E-state index contributed by atoms with van der Waals surface area (Å²) in [6.07, 6.45) is 0. The van der Waals surface area contributed by atoms with Crippen molar-refractivity contribution in [1.29, 1.82) is 0 Å². The molecule has 0 spiro atoms. The van der Waals surface area contributed by atoms with Crippen LogP contribution < -0.4 is 5.32 Å². The normalized spacial score (nSPS) is 21.1. The maximum absolute atomic E-state index is 13.0. The van der Waals surface area contributed by atoms with E-state index in [0.29, 0.717) is 0 Å². The van der Waals surface area contributed by atoms with Crippen molar-refractivity contribution in [2.75, 3.05) is 5.32 Å². The van der Waals surface area contributed by atoms with Crippen molar-refractivity contribution in [2.24, 2.45) is 0 Å². The van der Waals surface area contributed by atoms with Gasteiger partial charge in [-0.1, -0.05) is 0 Å². The third-order valence-corrected chi connectivity index (χ3v) is 4.35. The molecule has 1 N–H and O–H groups in total. The molecule has 0 bridgehead atoms. The van der Waals surface area contributed by atoms with Gasteiger partial charge in [0.25, 0.3) is 5.12 Å². The molecule has 0 unspecified atom stereocenters. The molecule has 4 nitrogen and oxygen atoms in total. The predicted molar refractivity (Wildman–Crippen MR) is 56.3 cm³/mol. The van der Waals surface area contributed by atoms with E-state index in [9.17, 15) is 17.6 Å². The first-order valence-corrected chi connectivity index (χ1v) is 6.11. The van der Waals surface area contributed by atoms with Gasteiger partial charge in [-0.2, -0.15) is 0 Å². The first-order valence-electron chi connectivity index (χ1n) is 4.62. The number of carbonyl (C=O) groups excluding carboxylic acids is 1. The molecule has 0 saturated carbocycles. The molecule has 0 radical (unpaired) electrons. The van der Waals surface area contributed by atoms with Gasteiger partial charge in [0.05, 0.1) is 5.69 Å². The van der Waals surface area contributed by atoms with E-state index < -0.39 is 26.3 Å². The van der Waals surface area contributed by atoms with Crippen LogP contribution in [0.4, 0.5) is 10.1 Å². The van der Waals surface area contributed by atoms with Crippen LogP contribution in [0.2, 0.25) is 0 Å². The molecule has 86 valence electrons. The molecule has 0 aliphatic carbocycles. The van der Waals surface area contributed by atoms with Gasteiger partial charge in [0.15, 0.2) is 0 Å². The fourth-order valence-electron chi connectivity index (χ4n) is 1.65. The summed E-state index contributed by atoms with van der Waals surface area (Å²) in [5.74, 6) is -0.684. The van der Waals surface area contributed by atoms with Gasteiger partial charge in [-0.05, 0) is 32.0 Å². The molecule has 0 saturated heterocycles. The van der Waals surface area contributed by atoms with Gasteiger partial charge in [0, 0.05) is 0 Å². The van der Waals surface area contributed by atoms with Crippen molar-refractivity contribution in [1.82, 2.24) is 0 Å². The quantitative estimate of drug-likeness (QED) is 0.746. The molecule has 1 aliphatic heterocycles. The van der Waals surface area contributed by atoms with Crippen LogP contribution in [0.1, 0.15) is 13.8 Å². The van der Waals surface area contributed by atoms with Gasteiger partial charge in [0.1, 0.15) is 16.3 Å². The summed E-state index contributed by atoms with van der Waals surface area (Å²) in [4.78, 5) is 11.4. The second-order valence-corrected chi connectivity index (χ2v) is 6.00. The molecule has 0 atom stereocenters. The van der Waals surface area contributed by atoms with Crippen LogP contribution in [-0.4, -0.2) is 19.1 Å². The number of carbonyl (C=O) groups is 1. The number of rotatable bonds is 0. The Labute approximate surface area is 92.4 Å². The van der Waals surface area contributed by atoms with Gasteiger partial charge in [-0.3, -0.25) is 4.79 Å². The van der Waals surface area contributed by atoms with Crippen LogP contribution in [-0.2, 0) is 14.6 Å². The van der Waals surface area contributed by atoms with Crippen molar-refractivity contribution < 1.29 is 17.6 Å². The van der Waals surface area contributed by atoms with E-state index in [0.717, 1.165) is 12.1 Å². The summed E-state index contributed by atoms with van der Waals surface area (Å²) in [5, 5.41) is 1.83. The van der Waals surface area contributed by atoms with E-state index in [2.05, 4.69) is 5.32 Å². The highest BCUT2D eigenvalue weighted by Crippen LogP contribution is 2.34. The lowest BCUT2D eigenvalue weighted by atomic mass is 10.1. The molecular weight excluding hydrogens is 233 g/mol. The largest absolute Gasteiger partial charge is 0.371 e. The summed E-state index contributed by atoms with van der Waals surface area (Å²) in [6.45, 7) is 2.94. The van der Waals surface area contributed by atoms with E-state index >= 15 is 0 Å². The average molecular weight is 243 g/mol. The van der Waals surface area contributed by atoms with E-state index in [4.69, 9.17) is 0 Å². The van der Waals surface area contributed by atoms with Crippen LogP contribution in [0.25, 0.3) is 0 Å². The van der Waals surface area contributed by atoms with Crippen molar-refractivity contribution in [3.05, 3.63) is 24.0 Å².